The summed E-state index contributed by atoms with van der Waals surface area (Å²) < 4.78 is 26.0. The highest BCUT2D eigenvalue weighted by atomic mass is 79.9. The first kappa shape index (κ1) is 27.8. The molecule has 41 heavy (non-hydrogen) atoms. The Morgan fingerprint density at radius 1 is 0.561 bits per heavy atom. The van der Waals surface area contributed by atoms with Gasteiger partial charge < -0.3 is 9.05 Å². The highest BCUT2D eigenvalue weighted by Crippen LogP contribution is 2.47. The standard InChI is InChI=1S/C35H27Br2O3P/c1-41(38,39-30-18-24(22-36)16-28(20-30)34-14-6-10-26-8-2-4-12-32(26)34)40-31-19-25(23-37)17-29(21-31)35-15-7-11-27-9-3-5-13-33(27)35/h2-21H,22-23H2,1H3. The van der Waals surface area contributed by atoms with E-state index in [-0.39, 0.29) is 0 Å². The van der Waals surface area contributed by atoms with Crippen LogP contribution in [0.15, 0.2) is 121 Å². The maximum absolute atomic E-state index is 13.8. The van der Waals surface area contributed by atoms with Crippen LogP contribution in [0.2, 0.25) is 0 Å². The van der Waals surface area contributed by atoms with Gasteiger partial charge in [0.05, 0.1) is 6.66 Å². The maximum atomic E-state index is 13.8. The van der Waals surface area contributed by atoms with Crippen LogP contribution in [0.1, 0.15) is 11.1 Å². The van der Waals surface area contributed by atoms with Gasteiger partial charge in [-0.3, -0.25) is 0 Å². The van der Waals surface area contributed by atoms with Crippen molar-refractivity contribution < 1.29 is 13.6 Å². The highest BCUT2D eigenvalue weighted by molar-refractivity contribution is 9.08. The number of hydrogen-bond acceptors (Lipinski definition) is 3. The molecule has 0 aliphatic heterocycles. The molecule has 0 heterocycles. The van der Waals surface area contributed by atoms with Crippen LogP contribution >= 0.6 is 39.5 Å². The SMILES string of the molecule is CP(=O)(Oc1cc(CBr)cc(-c2cccc3ccccc23)c1)Oc1cc(CBr)cc(-c2cccc3ccccc23)c1. The molecule has 0 atom stereocenters. The molecule has 3 nitrogen and oxygen atoms in total. The summed E-state index contributed by atoms with van der Waals surface area (Å²) in [5.41, 5.74) is 6.20. The first-order valence-corrected chi connectivity index (χ1v) is 17.5. The molecule has 0 bridgehead atoms. The fourth-order valence-electron chi connectivity index (χ4n) is 5.25. The van der Waals surface area contributed by atoms with Gasteiger partial charge in [-0.1, -0.05) is 129 Å². The number of rotatable bonds is 8. The predicted octanol–water partition coefficient (Wildman–Crippen LogP) is 11.4. The van der Waals surface area contributed by atoms with Gasteiger partial charge in [0.2, 0.25) is 0 Å². The number of hydrogen-bond donors (Lipinski definition) is 0. The molecular weight excluding hydrogens is 659 g/mol. The Morgan fingerprint density at radius 2 is 0.976 bits per heavy atom. The Hall–Kier alpha value is -3.37. The van der Waals surface area contributed by atoms with E-state index in [1.54, 1.807) is 0 Å². The first-order chi connectivity index (χ1) is 19.9. The van der Waals surface area contributed by atoms with Crippen LogP contribution in [0, 0.1) is 0 Å². The molecule has 204 valence electrons. The minimum absolute atomic E-state index is 0.502. The molecule has 0 spiro atoms. The molecule has 0 aliphatic carbocycles. The van der Waals surface area contributed by atoms with Crippen LogP contribution in [0.25, 0.3) is 43.8 Å². The van der Waals surface area contributed by atoms with E-state index >= 15 is 0 Å². The maximum Gasteiger partial charge on any atom is 0.427 e. The Balaban J connectivity index is 1.34. The molecule has 0 N–H and O–H groups in total. The van der Waals surface area contributed by atoms with E-state index in [1.165, 1.54) is 6.66 Å². The second kappa shape index (κ2) is 11.9. The highest BCUT2D eigenvalue weighted by Gasteiger charge is 2.22. The lowest BCUT2D eigenvalue weighted by Crippen LogP contribution is -2.01. The molecule has 0 saturated heterocycles. The molecule has 0 radical (unpaired) electrons. The Morgan fingerprint density at radius 3 is 1.41 bits per heavy atom. The smallest absolute Gasteiger partial charge is 0.416 e. The minimum atomic E-state index is -3.55. The van der Waals surface area contributed by atoms with Crippen molar-refractivity contribution in [2.75, 3.05) is 6.66 Å². The lowest BCUT2D eigenvalue weighted by molar-refractivity contribution is 0.393. The quantitative estimate of drug-likeness (QED) is 0.118. The molecule has 0 fully saturated rings. The molecular formula is C35H27Br2O3P. The zero-order valence-electron chi connectivity index (χ0n) is 22.4. The minimum Gasteiger partial charge on any atom is -0.416 e. The third-order valence-electron chi connectivity index (χ3n) is 6.98. The van der Waals surface area contributed by atoms with E-state index in [1.807, 2.05) is 48.5 Å². The van der Waals surface area contributed by atoms with E-state index in [2.05, 4.69) is 105 Å². The van der Waals surface area contributed by atoms with Gasteiger partial charge in [0.15, 0.2) is 0 Å². The average Bonchev–Trinajstić information content (AvgIpc) is 2.99. The van der Waals surface area contributed by atoms with E-state index in [0.29, 0.717) is 22.2 Å². The number of benzene rings is 6. The van der Waals surface area contributed by atoms with Gasteiger partial charge in [0.25, 0.3) is 0 Å². The van der Waals surface area contributed by atoms with E-state index in [9.17, 15) is 4.57 Å². The van der Waals surface area contributed by atoms with Gasteiger partial charge in [0, 0.05) is 10.7 Å². The van der Waals surface area contributed by atoms with Crippen molar-refractivity contribution in [3.05, 3.63) is 132 Å². The summed E-state index contributed by atoms with van der Waals surface area (Å²) in [7, 11) is -3.55. The Kier molecular flexibility index (Phi) is 8.03. The van der Waals surface area contributed by atoms with Gasteiger partial charge in [0.1, 0.15) is 11.5 Å². The summed E-state index contributed by atoms with van der Waals surface area (Å²) in [4.78, 5) is 0. The second-order valence-electron chi connectivity index (χ2n) is 10.0. The summed E-state index contributed by atoms with van der Waals surface area (Å²) in [6.07, 6.45) is 0. The molecule has 0 amide bonds. The third-order valence-corrected chi connectivity index (χ3v) is 9.36. The molecule has 6 aromatic rings. The number of fused-ring (bicyclic) bond motifs is 2. The van der Waals surface area contributed by atoms with Crippen LogP contribution in [0.5, 0.6) is 11.5 Å². The van der Waals surface area contributed by atoms with Crippen LogP contribution in [0.4, 0.5) is 0 Å². The number of alkyl halides is 2. The fourth-order valence-corrected chi connectivity index (χ4v) is 6.91. The lowest BCUT2D eigenvalue weighted by Gasteiger charge is -2.19. The van der Waals surface area contributed by atoms with Gasteiger partial charge in [-0.05, 0) is 79.2 Å². The Bertz CT molecular complexity index is 1790. The second-order valence-corrected chi connectivity index (χ2v) is 13.0. The monoisotopic (exact) mass is 684 g/mol. The van der Waals surface area contributed by atoms with E-state index < -0.39 is 7.60 Å². The van der Waals surface area contributed by atoms with Gasteiger partial charge in [-0.15, -0.1) is 0 Å². The van der Waals surface area contributed by atoms with Gasteiger partial charge in [-0.25, -0.2) is 4.57 Å². The average molecular weight is 686 g/mol. The van der Waals surface area contributed by atoms with E-state index in [0.717, 1.165) is 54.9 Å². The molecule has 0 aromatic heterocycles. The van der Waals surface area contributed by atoms with Crippen LogP contribution < -0.4 is 9.05 Å². The predicted molar refractivity (Wildman–Crippen MR) is 179 cm³/mol. The molecule has 6 rings (SSSR count). The third kappa shape index (κ3) is 6.13. The zero-order chi connectivity index (χ0) is 28.4. The molecule has 6 heteroatoms. The zero-order valence-corrected chi connectivity index (χ0v) is 26.5. The Labute approximate surface area is 256 Å². The van der Waals surface area contributed by atoms with Crippen LogP contribution in [-0.2, 0) is 15.2 Å². The van der Waals surface area contributed by atoms with Crippen molar-refractivity contribution in [2.24, 2.45) is 0 Å². The summed E-state index contributed by atoms with van der Waals surface area (Å²) in [6, 6.07) is 41.0. The van der Waals surface area contributed by atoms with Gasteiger partial charge >= 0.3 is 7.60 Å². The first-order valence-electron chi connectivity index (χ1n) is 13.3. The van der Waals surface area contributed by atoms with Crippen molar-refractivity contribution >= 4 is 61.0 Å². The fraction of sp³-hybridized carbons (Fsp3) is 0.0857. The summed E-state index contributed by atoms with van der Waals surface area (Å²) in [6.45, 7) is 1.52. The van der Waals surface area contributed by atoms with Crippen molar-refractivity contribution in [3.8, 4) is 33.8 Å². The largest absolute Gasteiger partial charge is 0.427 e. The molecule has 0 aliphatic rings. The van der Waals surface area contributed by atoms with Crippen LogP contribution in [0.3, 0.4) is 0 Å². The topological polar surface area (TPSA) is 35.5 Å². The van der Waals surface area contributed by atoms with Crippen molar-refractivity contribution in [2.45, 2.75) is 10.7 Å². The molecule has 0 saturated carbocycles. The molecule has 6 aromatic carbocycles. The summed E-state index contributed by atoms with van der Waals surface area (Å²) in [5, 5.41) is 5.90. The van der Waals surface area contributed by atoms with Gasteiger partial charge in [-0.2, -0.15) is 0 Å². The van der Waals surface area contributed by atoms with Crippen molar-refractivity contribution in [3.63, 3.8) is 0 Å². The van der Waals surface area contributed by atoms with E-state index in [4.69, 9.17) is 9.05 Å². The summed E-state index contributed by atoms with van der Waals surface area (Å²) in [5.74, 6) is 1.00. The van der Waals surface area contributed by atoms with Crippen molar-refractivity contribution in [1.29, 1.82) is 0 Å². The molecule has 0 unspecified atom stereocenters. The lowest BCUT2D eigenvalue weighted by atomic mass is 9.97. The van der Waals surface area contributed by atoms with Crippen LogP contribution in [-0.4, -0.2) is 6.66 Å². The normalized spacial score (nSPS) is 11.6. The summed E-state index contributed by atoms with van der Waals surface area (Å²) >= 11 is 7.17. The van der Waals surface area contributed by atoms with Crippen molar-refractivity contribution in [1.82, 2.24) is 0 Å². The number of halogens is 2.